The molecule has 2 rings (SSSR count). The summed E-state index contributed by atoms with van der Waals surface area (Å²) in [6.07, 6.45) is 0. The van der Waals surface area contributed by atoms with Crippen LogP contribution in [0.2, 0.25) is 0 Å². The Morgan fingerprint density at radius 3 is 2.71 bits per heavy atom. The van der Waals surface area contributed by atoms with Gasteiger partial charge >= 0.3 is 0 Å². The van der Waals surface area contributed by atoms with Gasteiger partial charge in [-0.25, -0.2) is 8.78 Å². The van der Waals surface area contributed by atoms with Crippen molar-refractivity contribution in [2.24, 2.45) is 0 Å². The Hall–Kier alpha value is -1.04. The maximum Gasteiger partial charge on any atom is 0.130 e. The normalized spacial score (nSPS) is 21.7. The first-order chi connectivity index (χ1) is 8.22. The molecule has 1 aliphatic heterocycles. The summed E-state index contributed by atoms with van der Waals surface area (Å²) < 4.78 is 32.2. The number of nitrogens with zero attached hydrogens (tertiary/aromatic N) is 1. The zero-order valence-corrected chi connectivity index (χ0v) is 9.40. The van der Waals surface area contributed by atoms with Gasteiger partial charge in [0.25, 0.3) is 0 Å². The Morgan fingerprint density at radius 1 is 1.35 bits per heavy atom. The van der Waals surface area contributed by atoms with Gasteiger partial charge in [0, 0.05) is 18.7 Å². The number of hydrogen-bond donors (Lipinski definition) is 1. The van der Waals surface area contributed by atoms with Crippen LogP contribution in [0.4, 0.5) is 8.78 Å². The molecule has 0 amide bonds. The van der Waals surface area contributed by atoms with E-state index in [1.807, 2.05) is 4.90 Å². The van der Waals surface area contributed by atoms with E-state index in [2.05, 4.69) is 0 Å². The van der Waals surface area contributed by atoms with E-state index in [-0.39, 0.29) is 24.8 Å². The van der Waals surface area contributed by atoms with Crippen LogP contribution in [0.1, 0.15) is 5.56 Å². The summed E-state index contributed by atoms with van der Waals surface area (Å²) in [5, 5.41) is 9.17. The Bertz CT molecular complexity index is 367. The fourth-order valence-electron chi connectivity index (χ4n) is 1.95. The highest BCUT2D eigenvalue weighted by Gasteiger charge is 2.24. The van der Waals surface area contributed by atoms with Gasteiger partial charge in [-0.3, -0.25) is 4.90 Å². The number of halogens is 2. The summed E-state index contributed by atoms with van der Waals surface area (Å²) in [4.78, 5) is 1.84. The monoisotopic (exact) mass is 243 g/mol. The lowest BCUT2D eigenvalue weighted by Crippen LogP contribution is -2.47. The quantitative estimate of drug-likeness (QED) is 0.864. The largest absolute Gasteiger partial charge is 0.395 e. The second kappa shape index (κ2) is 5.53. The van der Waals surface area contributed by atoms with Crippen LogP contribution in [0.3, 0.4) is 0 Å². The highest BCUT2D eigenvalue weighted by atomic mass is 19.1. The van der Waals surface area contributed by atoms with Crippen molar-refractivity contribution in [1.82, 2.24) is 4.90 Å². The standard InChI is InChI=1S/C12H15F2NO2/c13-11-2-1-3-12(14)10(11)6-15-4-5-17-8-9(15)7-16/h1-3,9,16H,4-8H2. The van der Waals surface area contributed by atoms with Gasteiger partial charge in [-0.2, -0.15) is 0 Å². The summed E-state index contributed by atoms with van der Waals surface area (Å²) in [7, 11) is 0. The van der Waals surface area contributed by atoms with Gasteiger partial charge in [-0.05, 0) is 12.1 Å². The van der Waals surface area contributed by atoms with Crippen LogP contribution in [0.25, 0.3) is 0 Å². The summed E-state index contributed by atoms with van der Waals surface area (Å²) in [6, 6.07) is 3.64. The molecule has 1 saturated heterocycles. The summed E-state index contributed by atoms with van der Waals surface area (Å²) in [6.45, 7) is 1.57. The number of ether oxygens (including phenoxy) is 1. The molecule has 0 aliphatic carbocycles. The molecule has 1 unspecified atom stereocenters. The van der Waals surface area contributed by atoms with Crippen molar-refractivity contribution in [3.63, 3.8) is 0 Å². The van der Waals surface area contributed by atoms with Gasteiger partial charge in [-0.1, -0.05) is 6.07 Å². The molecule has 1 heterocycles. The zero-order valence-electron chi connectivity index (χ0n) is 9.40. The molecule has 3 nitrogen and oxygen atoms in total. The molecule has 1 atom stereocenters. The van der Waals surface area contributed by atoms with E-state index >= 15 is 0 Å². The molecule has 17 heavy (non-hydrogen) atoms. The Labute approximate surface area is 98.6 Å². The number of aliphatic hydroxyl groups excluding tert-OH is 1. The van der Waals surface area contributed by atoms with Gasteiger partial charge in [0.05, 0.1) is 25.9 Å². The van der Waals surface area contributed by atoms with E-state index in [1.165, 1.54) is 18.2 Å². The van der Waals surface area contributed by atoms with Crippen LogP contribution < -0.4 is 0 Å². The van der Waals surface area contributed by atoms with Crippen LogP contribution in [-0.4, -0.2) is 42.4 Å². The van der Waals surface area contributed by atoms with Gasteiger partial charge in [0.1, 0.15) is 11.6 Å². The summed E-state index contributed by atoms with van der Waals surface area (Å²) in [5.41, 5.74) is 0.0489. The third kappa shape index (κ3) is 2.80. The summed E-state index contributed by atoms with van der Waals surface area (Å²) >= 11 is 0. The maximum atomic E-state index is 13.5. The molecule has 0 aromatic heterocycles. The van der Waals surface area contributed by atoms with Crippen molar-refractivity contribution in [3.05, 3.63) is 35.4 Å². The summed E-state index contributed by atoms with van der Waals surface area (Å²) in [5.74, 6) is -1.10. The van der Waals surface area contributed by atoms with E-state index in [0.29, 0.717) is 19.8 Å². The molecule has 1 fully saturated rings. The van der Waals surface area contributed by atoms with Crippen molar-refractivity contribution in [2.75, 3.05) is 26.4 Å². The maximum absolute atomic E-state index is 13.5. The Morgan fingerprint density at radius 2 is 2.06 bits per heavy atom. The van der Waals surface area contributed by atoms with E-state index in [4.69, 9.17) is 9.84 Å². The first-order valence-corrected chi connectivity index (χ1v) is 5.58. The molecule has 0 saturated carbocycles. The van der Waals surface area contributed by atoms with Crippen molar-refractivity contribution >= 4 is 0 Å². The molecule has 5 heteroatoms. The minimum atomic E-state index is -0.548. The van der Waals surface area contributed by atoms with E-state index in [0.717, 1.165) is 0 Å². The molecule has 1 aromatic rings. The zero-order chi connectivity index (χ0) is 12.3. The number of morpholine rings is 1. The number of aliphatic hydroxyl groups is 1. The van der Waals surface area contributed by atoms with Crippen LogP contribution in [-0.2, 0) is 11.3 Å². The molecule has 1 aliphatic rings. The molecule has 1 N–H and O–H groups in total. The third-order valence-corrected chi connectivity index (χ3v) is 2.98. The minimum absolute atomic E-state index is 0.0489. The lowest BCUT2D eigenvalue weighted by Gasteiger charge is -2.34. The molecular weight excluding hydrogens is 228 g/mol. The van der Waals surface area contributed by atoms with E-state index in [1.54, 1.807) is 0 Å². The third-order valence-electron chi connectivity index (χ3n) is 2.98. The van der Waals surface area contributed by atoms with E-state index < -0.39 is 11.6 Å². The van der Waals surface area contributed by atoms with Crippen LogP contribution in [0.15, 0.2) is 18.2 Å². The number of benzene rings is 1. The van der Waals surface area contributed by atoms with Crippen molar-refractivity contribution < 1.29 is 18.6 Å². The van der Waals surface area contributed by atoms with Crippen LogP contribution in [0, 0.1) is 11.6 Å². The van der Waals surface area contributed by atoms with Crippen molar-refractivity contribution in [1.29, 1.82) is 0 Å². The molecule has 0 bridgehead atoms. The van der Waals surface area contributed by atoms with Gasteiger partial charge < -0.3 is 9.84 Å². The van der Waals surface area contributed by atoms with Crippen molar-refractivity contribution in [3.8, 4) is 0 Å². The van der Waals surface area contributed by atoms with Gasteiger partial charge in [0.15, 0.2) is 0 Å². The SMILES string of the molecule is OCC1COCCN1Cc1c(F)cccc1F. The second-order valence-corrected chi connectivity index (χ2v) is 4.08. The highest BCUT2D eigenvalue weighted by molar-refractivity contribution is 5.19. The average Bonchev–Trinajstić information content (AvgIpc) is 2.34. The average molecular weight is 243 g/mol. The predicted molar refractivity (Wildman–Crippen MR) is 58.5 cm³/mol. The van der Waals surface area contributed by atoms with E-state index in [9.17, 15) is 8.78 Å². The highest BCUT2D eigenvalue weighted by Crippen LogP contribution is 2.17. The molecule has 1 aromatic carbocycles. The number of hydrogen-bond acceptors (Lipinski definition) is 3. The van der Waals surface area contributed by atoms with Crippen LogP contribution in [0.5, 0.6) is 0 Å². The second-order valence-electron chi connectivity index (χ2n) is 4.08. The topological polar surface area (TPSA) is 32.7 Å². The lowest BCUT2D eigenvalue weighted by molar-refractivity contribution is -0.0320. The first kappa shape index (κ1) is 12.4. The lowest BCUT2D eigenvalue weighted by atomic mass is 10.1. The molecule has 0 radical (unpaired) electrons. The molecule has 0 spiro atoms. The smallest absolute Gasteiger partial charge is 0.130 e. The number of rotatable bonds is 3. The molecule has 94 valence electrons. The predicted octanol–water partition coefficient (Wildman–Crippen LogP) is 1.16. The fourth-order valence-corrected chi connectivity index (χ4v) is 1.95. The van der Waals surface area contributed by atoms with Crippen LogP contribution >= 0.6 is 0 Å². The Balaban J connectivity index is 2.13. The molecular formula is C12H15F2NO2. The minimum Gasteiger partial charge on any atom is -0.395 e. The fraction of sp³-hybridized carbons (Fsp3) is 0.500. The van der Waals surface area contributed by atoms with Crippen molar-refractivity contribution in [2.45, 2.75) is 12.6 Å². The first-order valence-electron chi connectivity index (χ1n) is 5.58. The van der Waals surface area contributed by atoms with Gasteiger partial charge in [-0.15, -0.1) is 0 Å². The Kier molecular flexibility index (Phi) is 4.04. The van der Waals surface area contributed by atoms with Gasteiger partial charge in [0.2, 0.25) is 0 Å².